The zero-order valence-corrected chi connectivity index (χ0v) is 15.5. The average molecular weight is 345 g/mol. The smallest absolute Gasteiger partial charge is 0.191 e. The molecule has 6 nitrogen and oxygen atoms in total. The third kappa shape index (κ3) is 4.84. The highest BCUT2D eigenvalue weighted by atomic mass is 16.3. The molecule has 6 heteroatoms. The molecule has 3 rings (SSSR count). The van der Waals surface area contributed by atoms with Crippen LogP contribution in [0.3, 0.4) is 0 Å². The zero-order valence-electron chi connectivity index (χ0n) is 15.5. The minimum atomic E-state index is -0.567. The van der Waals surface area contributed by atoms with E-state index in [9.17, 15) is 5.11 Å². The third-order valence-electron chi connectivity index (χ3n) is 5.22. The van der Waals surface area contributed by atoms with E-state index in [1.807, 2.05) is 6.20 Å². The largest absolute Gasteiger partial charge is 0.388 e. The van der Waals surface area contributed by atoms with E-state index in [1.54, 1.807) is 0 Å². The van der Waals surface area contributed by atoms with E-state index in [0.29, 0.717) is 12.6 Å². The van der Waals surface area contributed by atoms with Gasteiger partial charge in [0.2, 0.25) is 0 Å². The monoisotopic (exact) mass is 345 g/mol. The van der Waals surface area contributed by atoms with E-state index in [4.69, 9.17) is 0 Å². The number of nitrogens with one attached hydrogen (secondary N) is 2. The molecule has 2 aliphatic rings. The SMILES string of the molecule is CCNC(=NCC1(O)CCC1)NC1CCN(c2ccc(C)cn2)CC1. The Bertz CT molecular complexity index is 574. The van der Waals surface area contributed by atoms with Crippen LogP contribution in [0.1, 0.15) is 44.6 Å². The Hall–Kier alpha value is -1.82. The van der Waals surface area contributed by atoms with E-state index in [-0.39, 0.29) is 0 Å². The lowest BCUT2D eigenvalue weighted by Gasteiger charge is -2.36. The van der Waals surface area contributed by atoms with Crippen molar-refractivity contribution in [1.82, 2.24) is 15.6 Å². The van der Waals surface area contributed by atoms with E-state index < -0.39 is 5.60 Å². The Morgan fingerprint density at radius 2 is 2.12 bits per heavy atom. The third-order valence-corrected chi connectivity index (χ3v) is 5.22. The maximum Gasteiger partial charge on any atom is 0.191 e. The molecule has 1 saturated heterocycles. The lowest BCUT2D eigenvalue weighted by Crippen LogP contribution is -2.49. The van der Waals surface area contributed by atoms with Gasteiger partial charge in [0, 0.05) is 31.9 Å². The van der Waals surface area contributed by atoms with Gasteiger partial charge in [0.25, 0.3) is 0 Å². The molecule has 1 saturated carbocycles. The number of anilines is 1. The van der Waals surface area contributed by atoms with Crippen LogP contribution in [0.25, 0.3) is 0 Å². The molecule has 2 heterocycles. The predicted molar refractivity (Wildman–Crippen MR) is 102 cm³/mol. The van der Waals surface area contributed by atoms with Gasteiger partial charge < -0.3 is 20.6 Å². The summed E-state index contributed by atoms with van der Waals surface area (Å²) in [6, 6.07) is 4.64. The second-order valence-electron chi connectivity index (χ2n) is 7.37. The Balaban J connectivity index is 1.50. The molecular weight excluding hydrogens is 314 g/mol. The number of guanidine groups is 1. The highest BCUT2D eigenvalue weighted by Crippen LogP contribution is 2.31. The number of nitrogens with zero attached hydrogens (tertiary/aromatic N) is 3. The van der Waals surface area contributed by atoms with Crippen molar-refractivity contribution in [2.24, 2.45) is 4.99 Å². The number of hydrogen-bond donors (Lipinski definition) is 3. The second-order valence-corrected chi connectivity index (χ2v) is 7.37. The summed E-state index contributed by atoms with van der Waals surface area (Å²) >= 11 is 0. The van der Waals surface area contributed by atoms with Crippen LogP contribution in [0, 0.1) is 6.92 Å². The summed E-state index contributed by atoms with van der Waals surface area (Å²) in [7, 11) is 0. The normalized spacial score (nSPS) is 20.9. The molecule has 1 aromatic rings. The van der Waals surface area contributed by atoms with Crippen molar-refractivity contribution in [1.29, 1.82) is 0 Å². The zero-order chi connectivity index (χ0) is 17.7. The number of aryl methyl sites for hydroxylation is 1. The number of aliphatic imine (C=N–C) groups is 1. The van der Waals surface area contributed by atoms with Crippen LogP contribution in [0.4, 0.5) is 5.82 Å². The Morgan fingerprint density at radius 3 is 2.68 bits per heavy atom. The van der Waals surface area contributed by atoms with Gasteiger partial charge in [-0.3, -0.25) is 4.99 Å². The van der Waals surface area contributed by atoms with Gasteiger partial charge in [-0.25, -0.2) is 4.98 Å². The van der Waals surface area contributed by atoms with E-state index >= 15 is 0 Å². The van der Waals surface area contributed by atoms with Crippen molar-refractivity contribution < 1.29 is 5.11 Å². The molecule has 0 atom stereocenters. The van der Waals surface area contributed by atoms with Crippen molar-refractivity contribution >= 4 is 11.8 Å². The molecule has 0 bridgehead atoms. The fourth-order valence-electron chi connectivity index (χ4n) is 3.38. The van der Waals surface area contributed by atoms with Crippen LogP contribution >= 0.6 is 0 Å². The first-order valence-corrected chi connectivity index (χ1v) is 9.53. The van der Waals surface area contributed by atoms with E-state index in [1.165, 1.54) is 5.56 Å². The summed E-state index contributed by atoms with van der Waals surface area (Å²) < 4.78 is 0. The highest BCUT2D eigenvalue weighted by Gasteiger charge is 2.34. The topological polar surface area (TPSA) is 72.8 Å². The fraction of sp³-hybridized carbons (Fsp3) is 0.684. The summed E-state index contributed by atoms with van der Waals surface area (Å²) in [6.07, 6.45) is 6.91. The van der Waals surface area contributed by atoms with Gasteiger partial charge in [-0.1, -0.05) is 6.07 Å². The van der Waals surface area contributed by atoms with Gasteiger partial charge in [-0.05, 0) is 57.6 Å². The van der Waals surface area contributed by atoms with Crippen LogP contribution in [0.15, 0.2) is 23.3 Å². The molecule has 0 amide bonds. The van der Waals surface area contributed by atoms with Crippen LogP contribution < -0.4 is 15.5 Å². The van der Waals surface area contributed by atoms with Crippen LogP contribution in [-0.4, -0.2) is 53.9 Å². The van der Waals surface area contributed by atoms with Crippen molar-refractivity contribution in [3.05, 3.63) is 23.9 Å². The highest BCUT2D eigenvalue weighted by molar-refractivity contribution is 5.80. The second kappa shape index (κ2) is 8.04. The number of hydrogen-bond acceptors (Lipinski definition) is 4. The quantitative estimate of drug-likeness (QED) is 0.561. The first kappa shape index (κ1) is 18.0. The van der Waals surface area contributed by atoms with Crippen molar-refractivity contribution in [2.45, 2.75) is 57.6 Å². The molecule has 2 fully saturated rings. The summed E-state index contributed by atoms with van der Waals surface area (Å²) in [5.74, 6) is 1.89. The van der Waals surface area contributed by atoms with Crippen LogP contribution in [0.5, 0.6) is 0 Å². The van der Waals surface area contributed by atoms with Gasteiger partial charge in [-0.2, -0.15) is 0 Å². The van der Waals surface area contributed by atoms with Crippen LogP contribution in [0.2, 0.25) is 0 Å². The number of piperidine rings is 1. The molecule has 25 heavy (non-hydrogen) atoms. The minimum Gasteiger partial charge on any atom is -0.388 e. The number of rotatable bonds is 5. The van der Waals surface area contributed by atoms with Gasteiger partial charge >= 0.3 is 0 Å². The minimum absolute atomic E-state index is 0.413. The molecule has 0 radical (unpaired) electrons. The standard InChI is InChI=1S/C19H31N5O/c1-3-20-18(22-14-19(25)9-4-10-19)23-16-7-11-24(12-8-16)17-6-5-15(2)13-21-17/h5-6,13,16,25H,3-4,7-12,14H2,1-2H3,(H2,20,22,23). The van der Waals surface area contributed by atoms with Gasteiger partial charge in [-0.15, -0.1) is 0 Å². The first-order valence-electron chi connectivity index (χ1n) is 9.53. The Morgan fingerprint density at radius 1 is 1.36 bits per heavy atom. The summed E-state index contributed by atoms with van der Waals surface area (Å²) in [6.45, 7) is 7.45. The summed E-state index contributed by atoms with van der Waals surface area (Å²) in [5, 5.41) is 17.1. The van der Waals surface area contributed by atoms with Gasteiger partial charge in [0.05, 0.1) is 12.1 Å². The summed E-state index contributed by atoms with van der Waals surface area (Å²) in [4.78, 5) is 11.5. The number of aromatic nitrogens is 1. The summed E-state index contributed by atoms with van der Waals surface area (Å²) in [5.41, 5.74) is 0.628. The molecule has 1 aliphatic heterocycles. The number of pyridine rings is 1. The maximum atomic E-state index is 10.2. The molecule has 138 valence electrons. The molecule has 1 aliphatic carbocycles. The first-order chi connectivity index (χ1) is 12.1. The van der Waals surface area contributed by atoms with E-state index in [0.717, 1.165) is 63.5 Å². The molecule has 0 aromatic carbocycles. The Labute approximate surface area is 150 Å². The molecule has 3 N–H and O–H groups in total. The lowest BCUT2D eigenvalue weighted by molar-refractivity contribution is -0.0236. The molecule has 0 spiro atoms. The van der Waals surface area contributed by atoms with Crippen molar-refractivity contribution in [2.75, 3.05) is 31.1 Å². The molecule has 1 aromatic heterocycles. The van der Waals surface area contributed by atoms with Gasteiger partial charge in [0.1, 0.15) is 5.82 Å². The van der Waals surface area contributed by atoms with E-state index in [2.05, 4.69) is 51.5 Å². The molecular formula is C19H31N5O. The maximum absolute atomic E-state index is 10.2. The molecule has 0 unspecified atom stereocenters. The fourth-order valence-corrected chi connectivity index (χ4v) is 3.38. The van der Waals surface area contributed by atoms with Gasteiger partial charge in [0.15, 0.2) is 5.96 Å². The van der Waals surface area contributed by atoms with Crippen molar-refractivity contribution in [3.8, 4) is 0 Å². The average Bonchev–Trinajstić information content (AvgIpc) is 2.60. The predicted octanol–water partition coefficient (Wildman–Crippen LogP) is 1.83. The Kier molecular flexibility index (Phi) is 5.78. The number of aliphatic hydroxyl groups is 1. The van der Waals surface area contributed by atoms with Crippen molar-refractivity contribution in [3.63, 3.8) is 0 Å². The lowest BCUT2D eigenvalue weighted by atomic mass is 9.80. The van der Waals surface area contributed by atoms with Crippen LogP contribution in [-0.2, 0) is 0 Å².